The number of esters is 1. The summed E-state index contributed by atoms with van der Waals surface area (Å²) in [6.45, 7) is 13.1. The molecule has 144 valence electrons. The first kappa shape index (κ1) is 20.6. The fourth-order valence-corrected chi connectivity index (χ4v) is 2.55. The SMILES string of the molecule is Cc1nc(-c2ccc(C(C)(C)C)cc2)nc(C(=O)O)c1C(=O)OC(C)(C)C. The number of benzene rings is 1. The molecule has 1 aromatic carbocycles. The van der Waals surface area contributed by atoms with E-state index >= 15 is 0 Å². The quantitative estimate of drug-likeness (QED) is 0.805. The largest absolute Gasteiger partial charge is 0.476 e. The van der Waals surface area contributed by atoms with Crippen molar-refractivity contribution in [2.24, 2.45) is 0 Å². The molecular weight excluding hydrogens is 344 g/mol. The van der Waals surface area contributed by atoms with Crippen molar-refractivity contribution < 1.29 is 19.4 Å². The van der Waals surface area contributed by atoms with Crippen LogP contribution in [0.4, 0.5) is 0 Å². The van der Waals surface area contributed by atoms with E-state index < -0.39 is 17.5 Å². The summed E-state index contributed by atoms with van der Waals surface area (Å²) in [4.78, 5) is 32.6. The van der Waals surface area contributed by atoms with Crippen molar-refractivity contribution in [3.63, 3.8) is 0 Å². The van der Waals surface area contributed by atoms with E-state index in [-0.39, 0.29) is 28.2 Å². The fraction of sp³-hybridized carbons (Fsp3) is 0.429. The molecule has 0 aliphatic rings. The third kappa shape index (κ3) is 4.90. The van der Waals surface area contributed by atoms with E-state index in [0.717, 1.165) is 5.56 Å². The molecular formula is C21H26N2O4. The second-order valence-electron chi connectivity index (χ2n) is 8.49. The van der Waals surface area contributed by atoms with Gasteiger partial charge < -0.3 is 9.84 Å². The highest BCUT2D eigenvalue weighted by Gasteiger charge is 2.28. The van der Waals surface area contributed by atoms with Crippen molar-refractivity contribution in [1.29, 1.82) is 0 Å². The van der Waals surface area contributed by atoms with Crippen LogP contribution in [-0.2, 0) is 10.2 Å². The van der Waals surface area contributed by atoms with Crippen LogP contribution < -0.4 is 0 Å². The molecule has 0 aliphatic carbocycles. The Bertz CT molecular complexity index is 873. The summed E-state index contributed by atoms with van der Waals surface area (Å²) in [6, 6.07) is 7.65. The molecule has 0 fully saturated rings. The Morgan fingerprint density at radius 1 is 0.963 bits per heavy atom. The van der Waals surface area contributed by atoms with Gasteiger partial charge in [-0.15, -0.1) is 0 Å². The number of carbonyl (C=O) groups is 2. The minimum Gasteiger partial charge on any atom is -0.476 e. The summed E-state index contributed by atoms with van der Waals surface area (Å²) >= 11 is 0. The number of aromatic nitrogens is 2. The first-order valence-corrected chi connectivity index (χ1v) is 8.76. The lowest BCUT2D eigenvalue weighted by Gasteiger charge is -2.21. The molecule has 0 saturated carbocycles. The molecule has 6 nitrogen and oxygen atoms in total. The van der Waals surface area contributed by atoms with Crippen LogP contribution in [0.5, 0.6) is 0 Å². The summed E-state index contributed by atoms with van der Waals surface area (Å²) in [7, 11) is 0. The zero-order valence-electron chi connectivity index (χ0n) is 16.9. The van der Waals surface area contributed by atoms with Crippen molar-refractivity contribution in [1.82, 2.24) is 9.97 Å². The van der Waals surface area contributed by atoms with Crippen LogP contribution in [0.15, 0.2) is 24.3 Å². The second-order valence-corrected chi connectivity index (χ2v) is 8.49. The number of rotatable bonds is 3. The summed E-state index contributed by atoms with van der Waals surface area (Å²) in [5.74, 6) is -1.78. The van der Waals surface area contributed by atoms with E-state index in [9.17, 15) is 14.7 Å². The van der Waals surface area contributed by atoms with Gasteiger partial charge >= 0.3 is 11.9 Å². The minimum atomic E-state index is -1.30. The molecule has 0 saturated heterocycles. The molecule has 2 aromatic rings. The van der Waals surface area contributed by atoms with Crippen LogP contribution >= 0.6 is 0 Å². The predicted molar refractivity (Wildman–Crippen MR) is 103 cm³/mol. The zero-order chi connectivity index (χ0) is 20.6. The summed E-state index contributed by atoms with van der Waals surface area (Å²) in [5, 5.41) is 9.56. The van der Waals surface area contributed by atoms with Gasteiger partial charge in [-0.05, 0) is 38.7 Å². The molecule has 2 rings (SSSR count). The monoisotopic (exact) mass is 370 g/mol. The van der Waals surface area contributed by atoms with Crippen molar-refractivity contribution in [3.8, 4) is 11.4 Å². The molecule has 1 heterocycles. The summed E-state index contributed by atoms with van der Waals surface area (Å²) in [6.07, 6.45) is 0. The van der Waals surface area contributed by atoms with Gasteiger partial charge in [-0.2, -0.15) is 0 Å². The average Bonchev–Trinajstić information content (AvgIpc) is 2.51. The Hall–Kier alpha value is -2.76. The maximum atomic E-state index is 12.4. The molecule has 0 unspecified atom stereocenters. The van der Waals surface area contributed by atoms with Crippen LogP contribution in [0, 0.1) is 6.92 Å². The first-order valence-electron chi connectivity index (χ1n) is 8.76. The molecule has 0 amide bonds. The van der Waals surface area contributed by atoms with E-state index in [2.05, 4.69) is 30.7 Å². The van der Waals surface area contributed by atoms with Gasteiger partial charge in [0, 0.05) is 5.56 Å². The standard InChI is InChI=1S/C21H26N2O4/c1-12-15(19(26)27-21(5,6)7)16(18(24)25)23-17(22-12)13-8-10-14(11-9-13)20(2,3)4/h8-11H,1-7H3,(H,24,25). The number of carboxylic acids is 1. The number of hydrogen-bond acceptors (Lipinski definition) is 5. The number of carbonyl (C=O) groups excluding carboxylic acids is 1. The van der Waals surface area contributed by atoms with Crippen molar-refractivity contribution in [3.05, 3.63) is 46.8 Å². The molecule has 1 N–H and O–H groups in total. The van der Waals surface area contributed by atoms with Gasteiger partial charge in [0.1, 0.15) is 11.2 Å². The smallest absolute Gasteiger partial charge is 0.355 e. The minimum absolute atomic E-state index is 0.00208. The number of ether oxygens (including phenoxy) is 1. The van der Waals surface area contributed by atoms with Gasteiger partial charge in [-0.3, -0.25) is 0 Å². The molecule has 27 heavy (non-hydrogen) atoms. The molecule has 0 spiro atoms. The number of hydrogen-bond donors (Lipinski definition) is 1. The van der Waals surface area contributed by atoms with Crippen LogP contribution in [0.2, 0.25) is 0 Å². The first-order chi connectivity index (χ1) is 12.3. The maximum Gasteiger partial charge on any atom is 0.355 e. The third-order valence-electron chi connectivity index (χ3n) is 3.90. The average molecular weight is 370 g/mol. The van der Waals surface area contributed by atoms with E-state index in [1.165, 1.54) is 0 Å². The van der Waals surface area contributed by atoms with Gasteiger partial charge in [0.25, 0.3) is 0 Å². The molecule has 6 heteroatoms. The lowest BCUT2D eigenvalue weighted by atomic mass is 9.86. The number of aromatic carboxylic acids is 1. The lowest BCUT2D eigenvalue weighted by molar-refractivity contribution is 0.00637. The van der Waals surface area contributed by atoms with E-state index in [4.69, 9.17) is 4.74 Å². The Kier molecular flexibility index (Phi) is 5.40. The highest BCUT2D eigenvalue weighted by Crippen LogP contribution is 2.26. The van der Waals surface area contributed by atoms with Gasteiger partial charge in [0.05, 0.1) is 5.69 Å². The van der Waals surface area contributed by atoms with E-state index in [1.54, 1.807) is 27.7 Å². The molecule has 1 aromatic heterocycles. The maximum absolute atomic E-state index is 12.4. The summed E-state index contributed by atoms with van der Waals surface area (Å²) < 4.78 is 5.31. The van der Waals surface area contributed by atoms with Crippen LogP contribution in [-0.4, -0.2) is 32.6 Å². The highest BCUT2D eigenvalue weighted by atomic mass is 16.6. The Balaban J connectivity index is 2.53. The van der Waals surface area contributed by atoms with Crippen molar-refractivity contribution in [2.45, 2.75) is 59.5 Å². The van der Waals surface area contributed by atoms with Crippen LogP contribution in [0.25, 0.3) is 11.4 Å². The van der Waals surface area contributed by atoms with Gasteiger partial charge in [0.2, 0.25) is 0 Å². The predicted octanol–water partition coefficient (Wildman–Crippen LogP) is 4.40. The second kappa shape index (κ2) is 7.10. The summed E-state index contributed by atoms with van der Waals surface area (Å²) in [5.41, 5.74) is 0.880. The van der Waals surface area contributed by atoms with E-state index in [0.29, 0.717) is 5.56 Å². The Labute approximate surface area is 159 Å². The van der Waals surface area contributed by atoms with E-state index in [1.807, 2.05) is 24.3 Å². The zero-order valence-corrected chi connectivity index (χ0v) is 16.9. The fourth-order valence-electron chi connectivity index (χ4n) is 2.55. The normalized spacial score (nSPS) is 12.0. The molecule has 0 radical (unpaired) electrons. The van der Waals surface area contributed by atoms with Gasteiger partial charge in [0.15, 0.2) is 11.5 Å². The number of carboxylic acid groups (broad SMARTS) is 1. The van der Waals surface area contributed by atoms with Crippen molar-refractivity contribution in [2.75, 3.05) is 0 Å². The Morgan fingerprint density at radius 2 is 1.52 bits per heavy atom. The highest BCUT2D eigenvalue weighted by molar-refractivity contribution is 6.02. The van der Waals surface area contributed by atoms with Crippen LogP contribution in [0.3, 0.4) is 0 Å². The number of aryl methyl sites for hydroxylation is 1. The topological polar surface area (TPSA) is 89.4 Å². The van der Waals surface area contributed by atoms with Gasteiger partial charge in [-0.25, -0.2) is 19.6 Å². The van der Waals surface area contributed by atoms with Crippen LogP contribution in [0.1, 0.15) is 73.6 Å². The Morgan fingerprint density at radius 3 is 1.96 bits per heavy atom. The van der Waals surface area contributed by atoms with Crippen molar-refractivity contribution >= 4 is 11.9 Å². The third-order valence-corrected chi connectivity index (χ3v) is 3.90. The molecule has 0 atom stereocenters. The lowest BCUT2D eigenvalue weighted by Crippen LogP contribution is -2.26. The molecule has 0 aliphatic heterocycles. The number of nitrogens with zero attached hydrogens (tertiary/aromatic N) is 2. The molecule has 0 bridgehead atoms. The van der Waals surface area contributed by atoms with Gasteiger partial charge in [-0.1, -0.05) is 45.0 Å².